The topological polar surface area (TPSA) is 72.9 Å². The van der Waals surface area contributed by atoms with E-state index in [-0.39, 0.29) is 5.91 Å². The summed E-state index contributed by atoms with van der Waals surface area (Å²) in [5.41, 5.74) is 7.08. The van der Waals surface area contributed by atoms with Crippen LogP contribution >= 0.6 is 0 Å². The molecule has 1 heterocycles. The number of carbonyl (C=O) groups is 1. The van der Waals surface area contributed by atoms with Gasteiger partial charge < -0.3 is 10.3 Å². The van der Waals surface area contributed by atoms with Gasteiger partial charge in [-0.15, -0.1) is 0 Å². The standard InChI is InChI=1S/C12H14N4O/c1-16-7-6-14-12(16)15-11(17)10-4-2-9(8-13)3-5-10/h2-7H,8,13H2,1H3,(H,14,15,17). The average molecular weight is 230 g/mol. The van der Waals surface area contributed by atoms with Crippen molar-refractivity contribution in [3.63, 3.8) is 0 Å². The van der Waals surface area contributed by atoms with Crippen LogP contribution in [0, 0.1) is 0 Å². The maximum atomic E-state index is 11.9. The highest BCUT2D eigenvalue weighted by Gasteiger charge is 2.08. The predicted octanol–water partition coefficient (Wildman–Crippen LogP) is 1.13. The lowest BCUT2D eigenvalue weighted by atomic mass is 10.1. The third-order valence-electron chi connectivity index (χ3n) is 2.50. The number of nitrogens with two attached hydrogens (primary N) is 1. The molecular weight excluding hydrogens is 216 g/mol. The van der Waals surface area contributed by atoms with Crippen LogP contribution in [0.1, 0.15) is 15.9 Å². The van der Waals surface area contributed by atoms with E-state index < -0.39 is 0 Å². The fourth-order valence-corrected chi connectivity index (χ4v) is 1.45. The fourth-order valence-electron chi connectivity index (χ4n) is 1.45. The number of hydrogen-bond acceptors (Lipinski definition) is 3. The van der Waals surface area contributed by atoms with Crippen molar-refractivity contribution in [2.45, 2.75) is 6.54 Å². The number of carbonyl (C=O) groups excluding carboxylic acids is 1. The Morgan fingerprint density at radius 2 is 2.12 bits per heavy atom. The van der Waals surface area contributed by atoms with Crippen LogP contribution in [-0.4, -0.2) is 15.5 Å². The van der Waals surface area contributed by atoms with Gasteiger partial charge in [-0.05, 0) is 17.7 Å². The molecule has 0 aliphatic heterocycles. The molecule has 0 saturated heterocycles. The summed E-state index contributed by atoms with van der Waals surface area (Å²) in [6, 6.07) is 7.18. The number of rotatable bonds is 3. The first-order chi connectivity index (χ1) is 8.20. The summed E-state index contributed by atoms with van der Waals surface area (Å²) in [5, 5.41) is 2.73. The lowest BCUT2D eigenvalue weighted by Crippen LogP contribution is -2.15. The Kier molecular flexibility index (Phi) is 3.20. The average Bonchev–Trinajstić information content (AvgIpc) is 2.75. The van der Waals surface area contributed by atoms with Gasteiger partial charge in [0.2, 0.25) is 5.95 Å². The maximum absolute atomic E-state index is 11.9. The van der Waals surface area contributed by atoms with Gasteiger partial charge in [0.1, 0.15) is 0 Å². The van der Waals surface area contributed by atoms with E-state index in [2.05, 4.69) is 10.3 Å². The van der Waals surface area contributed by atoms with Crippen LogP contribution in [0.2, 0.25) is 0 Å². The predicted molar refractivity (Wildman–Crippen MR) is 65.5 cm³/mol. The van der Waals surface area contributed by atoms with Crippen LogP contribution in [0.25, 0.3) is 0 Å². The van der Waals surface area contributed by atoms with E-state index in [1.807, 2.05) is 19.2 Å². The molecule has 1 amide bonds. The van der Waals surface area contributed by atoms with E-state index in [9.17, 15) is 4.79 Å². The number of nitrogens with one attached hydrogen (secondary N) is 1. The first kappa shape index (κ1) is 11.3. The van der Waals surface area contributed by atoms with E-state index in [0.29, 0.717) is 18.1 Å². The normalized spacial score (nSPS) is 10.2. The zero-order valence-corrected chi connectivity index (χ0v) is 9.55. The van der Waals surface area contributed by atoms with Gasteiger partial charge in [-0.3, -0.25) is 10.1 Å². The summed E-state index contributed by atoms with van der Waals surface area (Å²) in [4.78, 5) is 15.9. The van der Waals surface area contributed by atoms with Gasteiger partial charge in [-0.25, -0.2) is 4.98 Å². The van der Waals surface area contributed by atoms with E-state index in [1.54, 1.807) is 29.1 Å². The lowest BCUT2D eigenvalue weighted by molar-refractivity contribution is 0.102. The smallest absolute Gasteiger partial charge is 0.257 e. The zero-order valence-electron chi connectivity index (χ0n) is 9.55. The number of aryl methyl sites for hydroxylation is 1. The Morgan fingerprint density at radius 1 is 1.41 bits per heavy atom. The molecule has 0 spiro atoms. The third-order valence-corrected chi connectivity index (χ3v) is 2.50. The van der Waals surface area contributed by atoms with E-state index in [0.717, 1.165) is 5.56 Å². The summed E-state index contributed by atoms with van der Waals surface area (Å²) in [6.45, 7) is 0.473. The number of imidazole rings is 1. The van der Waals surface area contributed by atoms with Crippen molar-refractivity contribution in [2.75, 3.05) is 5.32 Å². The lowest BCUT2D eigenvalue weighted by Gasteiger charge is -2.05. The number of amides is 1. The minimum atomic E-state index is -0.178. The van der Waals surface area contributed by atoms with Crippen molar-refractivity contribution < 1.29 is 4.79 Å². The Morgan fingerprint density at radius 3 is 2.65 bits per heavy atom. The Labute approximate surface area is 99.3 Å². The quantitative estimate of drug-likeness (QED) is 0.830. The Hall–Kier alpha value is -2.14. The number of nitrogens with zero attached hydrogens (tertiary/aromatic N) is 2. The van der Waals surface area contributed by atoms with Crippen LogP contribution < -0.4 is 11.1 Å². The van der Waals surface area contributed by atoms with Crippen LogP contribution in [0.3, 0.4) is 0 Å². The second-order valence-electron chi connectivity index (χ2n) is 3.72. The summed E-state index contributed by atoms with van der Waals surface area (Å²) < 4.78 is 1.74. The highest BCUT2D eigenvalue weighted by molar-refractivity contribution is 6.03. The monoisotopic (exact) mass is 230 g/mol. The second-order valence-corrected chi connectivity index (χ2v) is 3.72. The zero-order chi connectivity index (χ0) is 12.3. The molecule has 0 aliphatic carbocycles. The minimum Gasteiger partial charge on any atom is -0.326 e. The molecule has 3 N–H and O–H groups in total. The molecule has 17 heavy (non-hydrogen) atoms. The van der Waals surface area contributed by atoms with Gasteiger partial charge in [0.05, 0.1) is 0 Å². The maximum Gasteiger partial charge on any atom is 0.257 e. The summed E-state index contributed by atoms with van der Waals surface area (Å²) in [7, 11) is 1.82. The van der Waals surface area contributed by atoms with Gasteiger partial charge in [0.15, 0.2) is 0 Å². The number of anilines is 1. The molecule has 5 heteroatoms. The van der Waals surface area contributed by atoms with Gasteiger partial charge >= 0.3 is 0 Å². The molecule has 2 aromatic rings. The summed E-state index contributed by atoms with van der Waals surface area (Å²) in [5.74, 6) is 0.348. The Balaban J connectivity index is 2.12. The first-order valence-electron chi connectivity index (χ1n) is 5.28. The highest BCUT2D eigenvalue weighted by atomic mass is 16.1. The SMILES string of the molecule is Cn1ccnc1NC(=O)c1ccc(CN)cc1. The number of aromatic nitrogens is 2. The number of hydrogen-bond donors (Lipinski definition) is 2. The third kappa shape index (κ3) is 2.51. The van der Waals surface area contributed by atoms with Crippen LogP contribution in [-0.2, 0) is 13.6 Å². The molecule has 0 atom stereocenters. The van der Waals surface area contributed by atoms with Crippen molar-refractivity contribution in [1.29, 1.82) is 0 Å². The van der Waals surface area contributed by atoms with Gasteiger partial charge in [-0.1, -0.05) is 12.1 Å². The molecule has 1 aromatic carbocycles. The van der Waals surface area contributed by atoms with Crippen LogP contribution in [0.15, 0.2) is 36.7 Å². The fraction of sp³-hybridized carbons (Fsp3) is 0.167. The van der Waals surface area contributed by atoms with Crippen molar-refractivity contribution in [2.24, 2.45) is 12.8 Å². The molecule has 5 nitrogen and oxygen atoms in total. The Bertz CT molecular complexity index is 516. The van der Waals surface area contributed by atoms with Gasteiger partial charge in [0.25, 0.3) is 5.91 Å². The largest absolute Gasteiger partial charge is 0.326 e. The molecule has 0 bridgehead atoms. The van der Waals surface area contributed by atoms with E-state index >= 15 is 0 Å². The molecule has 0 aliphatic rings. The highest BCUT2D eigenvalue weighted by Crippen LogP contribution is 2.07. The van der Waals surface area contributed by atoms with Crippen LogP contribution in [0.4, 0.5) is 5.95 Å². The molecular formula is C12H14N4O. The minimum absolute atomic E-state index is 0.178. The van der Waals surface area contributed by atoms with Crippen LogP contribution in [0.5, 0.6) is 0 Å². The first-order valence-corrected chi connectivity index (χ1v) is 5.28. The molecule has 88 valence electrons. The van der Waals surface area contributed by atoms with Crippen molar-refractivity contribution in [3.05, 3.63) is 47.8 Å². The van der Waals surface area contributed by atoms with E-state index in [4.69, 9.17) is 5.73 Å². The summed E-state index contributed by atoms with van der Waals surface area (Å²) >= 11 is 0. The molecule has 2 rings (SSSR count). The van der Waals surface area contributed by atoms with Crippen molar-refractivity contribution in [3.8, 4) is 0 Å². The van der Waals surface area contributed by atoms with Crippen molar-refractivity contribution >= 4 is 11.9 Å². The summed E-state index contributed by atoms with van der Waals surface area (Å²) in [6.07, 6.45) is 3.40. The van der Waals surface area contributed by atoms with Crippen molar-refractivity contribution in [1.82, 2.24) is 9.55 Å². The molecule has 1 aromatic heterocycles. The molecule has 0 saturated carbocycles. The number of benzene rings is 1. The second kappa shape index (κ2) is 4.80. The molecule has 0 unspecified atom stereocenters. The molecule has 0 fully saturated rings. The van der Waals surface area contributed by atoms with E-state index in [1.165, 1.54) is 0 Å². The van der Waals surface area contributed by atoms with Gasteiger partial charge in [0, 0.05) is 31.5 Å². The van der Waals surface area contributed by atoms with Gasteiger partial charge in [-0.2, -0.15) is 0 Å². The molecule has 0 radical (unpaired) electrons.